The molecule has 1 aliphatic heterocycles. The van der Waals surface area contributed by atoms with Crippen LogP contribution in [0.3, 0.4) is 0 Å². The molecule has 0 saturated carbocycles. The summed E-state index contributed by atoms with van der Waals surface area (Å²) >= 11 is 0. The van der Waals surface area contributed by atoms with Crippen LogP contribution in [0.25, 0.3) is 0 Å². The van der Waals surface area contributed by atoms with Crippen molar-refractivity contribution in [3.63, 3.8) is 0 Å². The minimum absolute atomic E-state index is 0.0725. The molecule has 0 radical (unpaired) electrons. The zero-order valence-electron chi connectivity index (χ0n) is 21.7. The van der Waals surface area contributed by atoms with Gasteiger partial charge in [-0.05, 0) is 27.4 Å². The molecule has 3 aromatic rings. The number of hydrogen-bond donors (Lipinski definition) is 0. The number of ether oxygens (including phenoxy) is 2. The number of benzene rings is 3. The standard InChI is InChI=1S/C31H38O4Si/c1-31(2,3)36(27-15-9-5-10-16-27,28-17-11-6-12-18-28)35-22-21-30-29(32)20-19-26(24-34-30)33-23-25-13-7-4-8-14-25/h4-18,26,30H,19-24H2,1-3H3. The zero-order chi connectivity index (χ0) is 25.4. The maximum absolute atomic E-state index is 12.9. The normalized spacial score (nSPS) is 19.1. The van der Waals surface area contributed by atoms with Gasteiger partial charge in [-0.1, -0.05) is 112 Å². The number of Topliss-reactive ketones (excluding diaryl/α,β-unsaturated/α-hetero) is 1. The fraction of sp³-hybridized carbons (Fsp3) is 0.387. The number of carbonyl (C=O) groups excluding carboxylic acids is 1. The lowest BCUT2D eigenvalue weighted by atomic mass is 10.1. The first-order valence-electron chi connectivity index (χ1n) is 12.9. The maximum Gasteiger partial charge on any atom is 0.261 e. The van der Waals surface area contributed by atoms with Crippen LogP contribution in [0.2, 0.25) is 5.04 Å². The molecule has 0 aromatic heterocycles. The van der Waals surface area contributed by atoms with Gasteiger partial charge in [0.2, 0.25) is 0 Å². The molecule has 2 unspecified atom stereocenters. The summed E-state index contributed by atoms with van der Waals surface area (Å²) in [7, 11) is -2.62. The summed E-state index contributed by atoms with van der Waals surface area (Å²) in [5.41, 5.74) is 1.13. The lowest BCUT2D eigenvalue weighted by molar-refractivity contribution is -0.130. The molecule has 2 atom stereocenters. The summed E-state index contributed by atoms with van der Waals surface area (Å²) in [6, 6.07) is 31.3. The van der Waals surface area contributed by atoms with Gasteiger partial charge in [0.15, 0.2) is 5.78 Å². The van der Waals surface area contributed by atoms with E-state index in [9.17, 15) is 4.79 Å². The van der Waals surface area contributed by atoms with Crippen molar-refractivity contribution in [1.29, 1.82) is 0 Å². The SMILES string of the molecule is CC(C)(C)[Si](OCCC1OCC(OCc2ccccc2)CCC1=O)(c1ccccc1)c1ccccc1. The Morgan fingerprint density at radius 1 is 0.861 bits per heavy atom. The second kappa shape index (κ2) is 12.1. The van der Waals surface area contributed by atoms with Gasteiger partial charge >= 0.3 is 0 Å². The molecule has 1 heterocycles. The minimum Gasteiger partial charge on any atom is -0.407 e. The smallest absolute Gasteiger partial charge is 0.261 e. The second-order valence-corrected chi connectivity index (χ2v) is 14.9. The van der Waals surface area contributed by atoms with Gasteiger partial charge in [0.05, 0.1) is 19.3 Å². The highest BCUT2D eigenvalue weighted by Gasteiger charge is 2.50. The van der Waals surface area contributed by atoms with E-state index in [1.807, 2.05) is 42.5 Å². The molecule has 190 valence electrons. The predicted octanol–water partition coefficient (Wildman–Crippen LogP) is 5.29. The Morgan fingerprint density at radius 2 is 1.42 bits per heavy atom. The van der Waals surface area contributed by atoms with E-state index in [4.69, 9.17) is 13.9 Å². The first-order chi connectivity index (χ1) is 17.4. The van der Waals surface area contributed by atoms with Gasteiger partial charge in [0.1, 0.15) is 6.10 Å². The van der Waals surface area contributed by atoms with Crippen LogP contribution in [0.15, 0.2) is 91.0 Å². The van der Waals surface area contributed by atoms with Gasteiger partial charge in [-0.2, -0.15) is 0 Å². The van der Waals surface area contributed by atoms with E-state index < -0.39 is 14.4 Å². The molecule has 3 aromatic carbocycles. The van der Waals surface area contributed by atoms with Crippen molar-refractivity contribution in [3.05, 3.63) is 96.6 Å². The van der Waals surface area contributed by atoms with Crippen LogP contribution in [0.4, 0.5) is 0 Å². The highest BCUT2D eigenvalue weighted by Crippen LogP contribution is 2.37. The van der Waals surface area contributed by atoms with Gasteiger partial charge in [0.25, 0.3) is 8.32 Å². The van der Waals surface area contributed by atoms with Crippen LogP contribution in [0.5, 0.6) is 0 Å². The van der Waals surface area contributed by atoms with E-state index in [1.165, 1.54) is 10.4 Å². The fourth-order valence-electron chi connectivity index (χ4n) is 5.11. The molecule has 0 bridgehead atoms. The molecule has 1 fully saturated rings. The van der Waals surface area contributed by atoms with Gasteiger partial charge in [-0.3, -0.25) is 4.79 Å². The molecule has 0 N–H and O–H groups in total. The Hall–Kier alpha value is -2.57. The van der Waals surface area contributed by atoms with Gasteiger partial charge in [-0.25, -0.2) is 0 Å². The Bertz CT molecular complexity index is 1040. The molecule has 36 heavy (non-hydrogen) atoms. The first kappa shape index (κ1) is 26.5. The maximum atomic E-state index is 12.9. The first-order valence-corrected chi connectivity index (χ1v) is 14.9. The molecule has 4 rings (SSSR count). The van der Waals surface area contributed by atoms with Crippen molar-refractivity contribution >= 4 is 24.5 Å². The highest BCUT2D eigenvalue weighted by molar-refractivity contribution is 6.99. The molecule has 0 amide bonds. The van der Waals surface area contributed by atoms with Gasteiger partial charge in [-0.15, -0.1) is 0 Å². The van der Waals surface area contributed by atoms with Crippen molar-refractivity contribution < 1.29 is 18.7 Å². The average Bonchev–Trinajstić information content (AvgIpc) is 3.07. The number of rotatable bonds is 9. The third kappa shape index (κ3) is 6.21. The van der Waals surface area contributed by atoms with Crippen molar-refractivity contribution in [2.24, 2.45) is 0 Å². The largest absolute Gasteiger partial charge is 0.407 e. The van der Waals surface area contributed by atoms with E-state index >= 15 is 0 Å². The summed E-state index contributed by atoms with van der Waals surface area (Å²) < 4.78 is 19.1. The third-order valence-electron chi connectivity index (χ3n) is 7.00. The predicted molar refractivity (Wildman–Crippen MR) is 147 cm³/mol. The fourth-order valence-corrected chi connectivity index (χ4v) is 9.69. The lowest BCUT2D eigenvalue weighted by Gasteiger charge is -2.43. The van der Waals surface area contributed by atoms with Gasteiger partial charge in [0, 0.05) is 19.4 Å². The van der Waals surface area contributed by atoms with Crippen molar-refractivity contribution in [2.75, 3.05) is 13.2 Å². The Balaban J connectivity index is 1.44. The summed E-state index contributed by atoms with van der Waals surface area (Å²) in [5, 5.41) is 2.39. The molecule has 1 aliphatic rings. The summed E-state index contributed by atoms with van der Waals surface area (Å²) in [4.78, 5) is 12.9. The minimum atomic E-state index is -2.62. The number of hydrogen-bond acceptors (Lipinski definition) is 4. The highest BCUT2D eigenvalue weighted by atomic mass is 28.4. The van der Waals surface area contributed by atoms with E-state index in [0.29, 0.717) is 39.1 Å². The van der Waals surface area contributed by atoms with Crippen LogP contribution in [0.1, 0.15) is 45.6 Å². The van der Waals surface area contributed by atoms with Crippen LogP contribution in [-0.4, -0.2) is 39.5 Å². The van der Waals surface area contributed by atoms with Crippen molar-refractivity contribution in [2.45, 2.75) is 63.9 Å². The van der Waals surface area contributed by atoms with Crippen LogP contribution < -0.4 is 10.4 Å². The summed E-state index contributed by atoms with van der Waals surface area (Å²) in [6.45, 7) is 8.23. The van der Waals surface area contributed by atoms with E-state index in [2.05, 4.69) is 69.3 Å². The Kier molecular flexibility index (Phi) is 8.91. The monoisotopic (exact) mass is 502 g/mol. The molecule has 1 saturated heterocycles. The molecular weight excluding hydrogens is 464 g/mol. The summed E-state index contributed by atoms with van der Waals surface area (Å²) in [5.74, 6) is 0.145. The van der Waals surface area contributed by atoms with E-state index in [-0.39, 0.29) is 16.9 Å². The number of carbonyl (C=O) groups is 1. The second-order valence-electron chi connectivity index (χ2n) is 10.5. The van der Waals surface area contributed by atoms with Crippen LogP contribution in [-0.2, 0) is 25.3 Å². The molecular formula is C31H38O4Si. The Labute approximate surface area is 216 Å². The van der Waals surface area contributed by atoms with Crippen LogP contribution >= 0.6 is 0 Å². The molecule has 0 aliphatic carbocycles. The third-order valence-corrected chi connectivity index (χ3v) is 12.0. The van der Waals surface area contributed by atoms with Gasteiger partial charge < -0.3 is 13.9 Å². The average molecular weight is 503 g/mol. The molecule has 0 spiro atoms. The van der Waals surface area contributed by atoms with Crippen molar-refractivity contribution in [1.82, 2.24) is 0 Å². The van der Waals surface area contributed by atoms with E-state index in [0.717, 1.165) is 5.56 Å². The zero-order valence-corrected chi connectivity index (χ0v) is 22.7. The molecule has 5 heteroatoms. The molecule has 4 nitrogen and oxygen atoms in total. The summed E-state index contributed by atoms with van der Waals surface area (Å²) in [6.07, 6.45) is 1.20. The van der Waals surface area contributed by atoms with Crippen LogP contribution in [0, 0.1) is 0 Å². The quantitative estimate of drug-likeness (QED) is 0.373. The number of ketones is 1. The topological polar surface area (TPSA) is 44.8 Å². The van der Waals surface area contributed by atoms with Crippen molar-refractivity contribution in [3.8, 4) is 0 Å². The lowest BCUT2D eigenvalue weighted by Crippen LogP contribution is -2.66. The Morgan fingerprint density at radius 3 is 1.97 bits per heavy atom. The van der Waals surface area contributed by atoms with E-state index in [1.54, 1.807) is 0 Å².